The van der Waals surface area contributed by atoms with Crippen molar-refractivity contribution in [3.63, 3.8) is 0 Å². The summed E-state index contributed by atoms with van der Waals surface area (Å²) in [7, 11) is 1.65. The summed E-state index contributed by atoms with van der Waals surface area (Å²) in [6.45, 7) is 2.47. The number of rotatable bonds is 5. The lowest BCUT2D eigenvalue weighted by atomic mass is 10.1. The fourth-order valence-corrected chi connectivity index (χ4v) is 3.14. The molecule has 3 rings (SSSR count). The van der Waals surface area contributed by atoms with E-state index in [4.69, 9.17) is 4.74 Å². The quantitative estimate of drug-likeness (QED) is 0.712. The van der Waals surface area contributed by atoms with Crippen LogP contribution >= 0.6 is 11.3 Å². The van der Waals surface area contributed by atoms with Crippen molar-refractivity contribution < 1.29 is 9.53 Å². The number of urea groups is 1. The van der Waals surface area contributed by atoms with Crippen LogP contribution in [0.1, 0.15) is 11.1 Å². The zero-order valence-corrected chi connectivity index (χ0v) is 14.9. The van der Waals surface area contributed by atoms with E-state index >= 15 is 0 Å². The Bertz CT molecular complexity index is 862. The highest BCUT2D eigenvalue weighted by atomic mass is 32.1. The van der Waals surface area contributed by atoms with Crippen molar-refractivity contribution in [2.75, 3.05) is 12.4 Å². The minimum absolute atomic E-state index is 0.268. The predicted octanol–water partition coefficient (Wildman–Crippen LogP) is 4.45. The standard InChI is InChI=1S/C19H19N3O2S/c1-13-10-15(8-9-17(13)24-2)16-12-25-19(21-16)22-18(23)20-11-14-6-4-3-5-7-14/h3-10,12H,11H2,1-2H3,(H2,20,21,22,23). The normalized spacial score (nSPS) is 10.3. The van der Waals surface area contributed by atoms with E-state index in [1.165, 1.54) is 11.3 Å². The summed E-state index contributed by atoms with van der Waals surface area (Å²) in [4.78, 5) is 16.5. The average Bonchev–Trinajstić information content (AvgIpc) is 3.09. The number of carbonyl (C=O) groups excluding carboxylic acids is 1. The lowest BCUT2D eigenvalue weighted by Gasteiger charge is -2.06. The van der Waals surface area contributed by atoms with Gasteiger partial charge in [-0.05, 0) is 36.2 Å². The zero-order valence-electron chi connectivity index (χ0n) is 14.1. The number of hydrogen-bond acceptors (Lipinski definition) is 4. The van der Waals surface area contributed by atoms with E-state index in [1.807, 2.05) is 60.8 Å². The molecule has 0 unspecified atom stereocenters. The summed E-state index contributed by atoms with van der Waals surface area (Å²) in [6, 6.07) is 15.4. The van der Waals surface area contributed by atoms with Crippen LogP contribution in [-0.4, -0.2) is 18.1 Å². The number of nitrogens with one attached hydrogen (secondary N) is 2. The topological polar surface area (TPSA) is 63.2 Å². The van der Waals surface area contributed by atoms with Crippen molar-refractivity contribution in [1.29, 1.82) is 0 Å². The summed E-state index contributed by atoms with van der Waals surface area (Å²) in [5.74, 6) is 0.845. The number of thiazole rings is 1. The Balaban J connectivity index is 1.61. The van der Waals surface area contributed by atoms with Crippen LogP contribution in [0.25, 0.3) is 11.3 Å². The molecule has 6 heteroatoms. The number of methoxy groups -OCH3 is 1. The first-order chi connectivity index (χ1) is 12.2. The average molecular weight is 353 g/mol. The van der Waals surface area contributed by atoms with Gasteiger partial charge in [0.1, 0.15) is 5.75 Å². The lowest BCUT2D eigenvalue weighted by Crippen LogP contribution is -2.28. The van der Waals surface area contributed by atoms with Crippen LogP contribution in [0.2, 0.25) is 0 Å². The number of carbonyl (C=O) groups is 1. The molecule has 0 atom stereocenters. The van der Waals surface area contributed by atoms with Crippen LogP contribution in [-0.2, 0) is 6.54 Å². The maximum Gasteiger partial charge on any atom is 0.321 e. The molecule has 2 aromatic carbocycles. The van der Waals surface area contributed by atoms with Gasteiger partial charge in [0.15, 0.2) is 5.13 Å². The van der Waals surface area contributed by atoms with Gasteiger partial charge in [-0.1, -0.05) is 30.3 Å². The molecule has 0 fully saturated rings. The van der Waals surface area contributed by atoms with Crippen molar-refractivity contribution in [3.05, 3.63) is 65.0 Å². The van der Waals surface area contributed by atoms with Crippen LogP contribution < -0.4 is 15.4 Å². The first-order valence-corrected chi connectivity index (χ1v) is 8.73. The second-order valence-corrected chi connectivity index (χ2v) is 6.37. The molecule has 0 radical (unpaired) electrons. The zero-order chi connectivity index (χ0) is 17.6. The van der Waals surface area contributed by atoms with Crippen LogP contribution in [0.4, 0.5) is 9.93 Å². The van der Waals surface area contributed by atoms with Crippen LogP contribution in [0, 0.1) is 6.92 Å². The van der Waals surface area contributed by atoms with Gasteiger partial charge < -0.3 is 10.1 Å². The summed E-state index contributed by atoms with van der Waals surface area (Å²) < 4.78 is 5.27. The van der Waals surface area contributed by atoms with Crippen molar-refractivity contribution >= 4 is 22.5 Å². The van der Waals surface area contributed by atoms with Gasteiger partial charge >= 0.3 is 6.03 Å². The van der Waals surface area contributed by atoms with Gasteiger partial charge in [0.2, 0.25) is 0 Å². The SMILES string of the molecule is COc1ccc(-c2csc(NC(=O)NCc3ccccc3)n2)cc1C. The summed E-state index contributed by atoms with van der Waals surface area (Å²) in [5.41, 5.74) is 3.91. The Labute approximate surface area is 150 Å². The molecule has 5 nitrogen and oxygen atoms in total. The molecule has 0 spiro atoms. The Hall–Kier alpha value is -2.86. The minimum atomic E-state index is -0.268. The number of benzene rings is 2. The van der Waals surface area contributed by atoms with Crippen molar-refractivity contribution in [1.82, 2.24) is 10.3 Å². The molecular formula is C19H19N3O2S. The van der Waals surface area contributed by atoms with E-state index in [1.54, 1.807) is 7.11 Å². The van der Waals surface area contributed by atoms with Gasteiger partial charge in [-0.2, -0.15) is 0 Å². The number of hydrogen-bond donors (Lipinski definition) is 2. The summed E-state index contributed by atoms with van der Waals surface area (Å²) in [5, 5.41) is 8.08. The van der Waals surface area contributed by atoms with Crippen LogP contribution in [0.3, 0.4) is 0 Å². The second-order valence-electron chi connectivity index (χ2n) is 5.52. The van der Waals surface area contributed by atoms with Gasteiger partial charge in [-0.25, -0.2) is 9.78 Å². The molecule has 1 aromatic heterocycles. The number of amides is 2. The molecule has 0 saturated carbocycles. The largest absolute Gasteiger partial charge is 0.496 e. The number of aromatic nitrogens is 1. The minimum Gasteiger partial charge on any atom is -0.496 e. The molecule has 0 aliphatic rings. The molecule has 3 aromatic rings. The lowest BCUT2D eigenvalue weighted by molar-refractivity contribution is 0.251. The number of nitrogens with zero attached hydrogens (tertiary/aromatic N) is 1. The number of anilines is 1. The maximum atomic E-state index is 12.0. The number of ether oxygens (including phenoxy) is 1. The van der Waals surface area contributed by atoms with Crippen LogP contribution in [0.15, 0.2) is 53.9 Å². The number of aryl methyl sites for hydroxylation is 1. The van der Waals surface area contributed by atoms with E-state index in [2.05, 4.69) is 15.6 Å². The van der Waals surface area contributed by atoms with Crippen molar-refractivity contribution in [2.24, 2.45) is 0 Å². The first-order valence-electron chi connectivity index (χ1n) is 7.85. The fourth-order valence-electron chi connectivity index (χ4n) is 2.42. The van der Waals surface area contributed by atoms with Gasteiger partial charge in [-0.15, -0.1) is 11.3 Å². The molecule has 0 saturated heterocycles. The summed E-state index contributed by atoms with van der Waals surface area (Å²) >= 11 is 1.40. The molecule has 0 bridgehead atoms. The molecule has 1 heterocycles. The molecule has 2 N–H and O–H groups in total. The Morgan fingerprint density at radius 3 is 2.72 bits per heavy atom. The van der Waals surface area contributed by atoms with Gasteiger partial charge in [0, 0.05) is 17.5 Å². The third-order valence-corrected chi connectivity index (χ3v) is 4.47. The third-order valence-electron chi connectivity index (χ3n) is 3.71. The predicted molar refractivity (Wildman–Crippen MR) is 101 cm³/mol. The van der Waals surface area contributed by atoms with Crippen molar-refractivity contribution in [3.8, 4) is 17.0 Å². The first kappa shape index (κ1) is 17.0. The van der Waals surface area contributed by atoms with Gasteiger partial charge in [-0.3, -0.25) is 5.32 Å². The molecular weight excluding hydrogens is 334 g/mol. The van der Waals surface area contributed by atoms with E-state index in [0.717, 1.165) is 28.1 Å². The van der Waals surface area contributed by atoms with Gasteiger partial charge in [0.25, 0.3) is 0 Å². The molecule has 128 valence electrons. The smallest absolute Gasteiger partial charge is 0.321 e. The third kappa shape index (κ3) is 4.36. The Morgan fingerprint density at radius 1 is 1.20 bits per heavy atom. The fraction of sp³-hybridized carbons (Fsp3) is 0.158. The highest BCUT2D eigenvalue weighted by Gasteiger charge is 2.09. The van der Waals surface area contributed by atoms with E-state index in [-0.39, 0.29) is 6.03 Å². The van der Waals surface area contributed by atoms with Crippen molar-refractivity contribution in [2.45, 2.75) is 13.5 Å². The molecule has 2 amide bonds. The van der Waals surface area contributed by atoms with E-state index < -0.39 is 0 Å². The maximum absolute atomic E-state index is 12.0. The van der Waals surface area contributed by atoms with E-state index in [9.17, 15) is 4.79 Å². The Morgan fingerprint density at radius 2 is 2.00 bits per heavy atom. The molecule has 25 heavy (non-hydrogen) atoms. The molecule has 0 aliphatic heterocycles. The Kier molecular flexibility index (Phi) is 5.30. The van der Waals surface area contributed by atoms with Gasteiger partial charge in [0.05, 0.1) is 12.8 Å². The second kappa shape index (κ2) is 7.81. The monoisotopic (exact) mass is 353 g/mol. The van der Waals surface area contributed by atoms with Crippen LogP contribution in [0.5, 0.6) is 5.75 Å². The highest BCUT2D eigenvalue weighted by Crippen LogP contribution is 2.28. The summed E-state index contributed by atoms with van der Waals surface area (Å²) in [6.07, 6.45) is 0. The molecule has 0 aliphatic carbocycles. The van der Waals surface area contributed by atoms with E-state index in [0.29, 0.717) is 11.7 Å². The highest BCUT2D eigenvalue weighted by molar-refractivity contribution is 7.14.